The van der Waals surface area contributed by atoms with E-state index in [1.165, 1.54) is 5.56 Å². The van der Waals surface area contributed by atoms with Gasteiger partial charge in [0.05, 0.1) is 6.10 Å². The predicted octanol–water partition coefficient (Wildman–Crippen LogP) is 2.17. The molecule has 1 aromatic carbocycles. The minimum atomic E-state index is 0.200. The quantitative estimate of drug-likeness (QED) is 0.699. The van der Waals surface area contributed by atoms with Crippen LogP contribution in [0.1, 0.15) is 37.7 Å². The highest BCUT2D eigenvalue weighted by molar-refractivity contribution is 5.78. The summed E-state index contributed by atoms with van der Waals surface area (Å²) in [6.07, 6.45) is 5.42. The highest BCUT2D eigenvalue weighted by Gasteiger charge is 2.21. The van der Waals surface area contributed by atoms with Gasteiger partial charge in [0.25, 0.3) is 0 Å². The molecular weight excluding hydrogens is 326 g/mol. The van der Waals surface area contributed by atoms with Crippen molar-refractivity contribution in [1.29, 1.82) is 0 Å². The molecule has 0 aromatic heterocycles. The third-order valence-electron chi connectivity index (χ3n) is 5.47. The maximum absolute atomic E-state index is 12.1. The first kappa shape index (κ1) is 19.3. The van der Waals surface area contributed by atoms with Crippen LogP contribution in [0.2, 0.25) is 0 Å². The van der Waals surface area contributed by atoms with Gasteiger partial charge in [0, 0.05) is 38.7 Å². The van der Waals surface area contributed by atoms with Gasteiger partial charge in [-0.25, -0.2) is 0 Å². The molecule has 0 unspecified atom stereocenters. The van der Waals surface area contributed by atoms with Crippen molar-refractivity contribution in [2.24, 2.45) is 5.92 Å². The Morgan fingerprint density at radius 2 is 1.85 bits per heavy atom. The molecule has 0 aliphatic carbocycles. The third-order valence-corrected chi connectivity index (χ3v) is 5.47. The van der Waals surface area contributed by atoms with Crippen LogP contribution in [-0.4, -0.2) is 56.2 Å². The Bertz CT molecular complexity index is 523. The molecule has 144 valence electrons. The largest absolute Gasteiger partial charge is 0.378 e. The number of rotatable bonds is 8. The second-order valence-electron chi connectivity index (χ2n) is 7.50. The van der Waals surface area contributed by atoms with Crippen LogP contribution in [0, 0.1) is 5.92 Å². The average Bonchev–Trinajstić information content (AvgIpc) is 2.70. The number of nitrogens with zero attached hydrogens (tertiary/aromatic N) is 1. The van der Waals surface area contributed by atoms with E-state index in [2.05, 4.69) is 45.9 Å². The van der Waals surface area contributed by atoms with Gasteiger partial charge in [0.15, 0.2) is 0 Å². The van der Waals surface area contributed by atoms with E-state index >= 15 is 0 Å². The normalized spacial score (nSPS) is 20.2. The van der Waals surface area contributed by atoms with Gasteiger partial charge in [0.1, 0.15) is 0 Å². The summed E-state index contributed by atoms with van der Waals surface area (Å²) in [6, 6.07) is 10.7. The molecule has 2 aliphatic rings. The van der Waals surface area contributed by atoms with E-state index in [4.69, 9.17) is 4.74 Å². The molecule has 0 spiro atoms. The highest BCUT2D eigenvalue weighted by Crippen LogP contribution is 2.16. The molecule has 2 aliphatic heterocycles. The summed E-state index contributed by atoms with van der Waals surface area (Å²) in [5.74, 6) is 0.423. The summed E-state index contributed by atoms with van der Waals surface area (Å²) in [4.78, 5) is 14.6. The Labute approximate surface area is 157 Å². The van der Waals surface area contributed by atoms with Crippen molar-refractivity contribution in [3.8, 4) is 0 Å². The van der Waals surface area contributed by atoms with Crippen LogP contribution in [0.15, 0.2) is 30.3 Å². The van der Waals surface area contributed by atoms with Crippen LogP contribution in [0.4, 0.5) is 0 Å². The molecule has 0 radical (unpaired) electrons. The molecule has 2 saturated heterocycles. The first-order valence-corrected chi connectivity index (χ1v) is 10.2. The summed E-state index contributed by atoms with van der Waals surface area (Å²) in [5, 5.41) is 6.36. The van der Waals surface area contributed by atoms with Gasteiger partial charge in [0.2, 0.25) is 5.91 Å². The van der Waals surface area contributed by atoms with E-state index in [1.807, 2.05) is 0 Å². The lowest BCUT2D eigenvalue weighted by molar-refractivity contribution is -0.125. The van der Waals surface area contributed by atoms with Gasteiger partial charge in [-0.05, 0) is 50.8 Å². The first-order valence-electron chi connectivity index (χ1n) is 10.2. The van der Waals surface area contributed by atoms with Crippen molar-refractivity contribution < 1.29 is 9.53 Å². The lowest BCUT2D eigenvalue weighted by atomic mass is 9.97. The van der Waals surface area contributed by atoms with Gasteiger partial charge in [-0.3, -0.25) is 9.69 Å². The number of carbonyl (C=O) groups is 1. The molecule has 5 heteroatoms. The maximum Gasteiger partial charge on any atom is 0.223 e. The zero-order chi connectivity index (χ0) is 18.0. The summed E-state index contributed by atoms with van der Waals surface area (Å²) < 4.78 is 6.02. The Morgan fingerprint density at radius 1 is 1.12 bits per heavy atom. The van der Waals surface area contributed by atoms with Crippen molar-refractivity contribution in [3.63, 3.8) is 0 Å². The van der Waals surface area contributed by atoms with Crippen molar-refractivity contribution in [2.45, 2.75) is 44.8 Å². The molecule has 2 fully saturated rings. The Hall–Kier alpha value is -1.43. The van der Waals surface area contributed by atoms with Gasteiger partial charge < -0.3 is 15.4 Å². The molecule has 5 nitrogen and oxygen atoms in total. The van der Waals surface area contributed by atoms with E-state index in [1.54, 1.807) is 0 Å². The molecular formula is C21H33N3O2. The van der Waals surface area contributed by atoms with E-state index in [9.17, 15) is 4.79 Å². The van der Waals surface area contributed by atoms with E-state index in [0.29, 0.717) is 6.10 Å². The zero-order valence-electron chi connectivity index (χ0n) is 15.8. The SMILES string of the molecule is O=C(NCCCOC1CCN(Cc2ccccc2)CC1)C1CCNCC1. The minimum absolute atomic E-state index is 0.200. The average molecular weight is 360 g/mol. The number of likely N-dealkylation sites (tertiary alicyclic amines) is 1. The van der Waals surface area contributed by atoms with Gasteiger partial charge in [-0.1, -0.05) is 30.3 Å². The molecule has 3 rings (SSSR count). The summed E-state index contributed by atoms with van der Waals surface area (Å²) in [5.41, 5.74) is 1.39. The summed E-state index contributed by atoms with van der Waals surface area (Å²) in [6.45, 7) is 6.65. The fourth-order valence-electron chi connectivity index (χ4n) is 3.84. The molecule has 0 atom stereocenters. The minimum Gasteiger partial charge on any atom is -0.378 e. The van der Waals surface area contributed by atoms with Gasteiger partial charge in [-0.15, -0.1) is 0 Å². The molecule has 2 heterocycles. The lowest BCUT2D eigenvalue weighted by Gasteiger charge is -2.32. The fourth-order valence-corrected chi connectivity index (χ4v) is 3.84. The number of piperidine rings is 2. The smallest absolute Gasteiger partial charge is 0.223 e. The van der Waals surface area contributed by atoms with Crippen LogP contribution in [0.5, 0.6) is 0 Å². The van der Waals surface area contributed by atoms with Crippen molar-refractivity contribution in [2.75, 3.05) is 39.3 Å². The topological polar surface area (TPSA) is 53.6 Å². The van der Waals surface area contributed by atoms with E-state index < -0.39 is 0 Å². The zero-order valence-corrected chi connectivity index (χ0v) is 15.8. The number of carbonyl (C=O) groups excluding carboxylic acids is 1. The number of hydrogen-bond acceptors (Lipinski definition) is 4. The molecule has 1 aromatic rings. The van der Waals surface area contributed by atoms with Crippen LogP contribution in [0.25, 0.3) is 0 Å². The highest BCUT2D eigenvalue weighted by atomic mass is 16.5. The van der Waals surface area contributed by atoms with E-state index in [0.717, 1.165) is 78.0 Å². The molecule has 1 amide bonds. The van der Waals surface area contributed by atoms with Crippen LogP contribution < -0.4 is 10.6 Å². The van der Waals surface area contributed by atoms with Crippen molar-refractivity contribution >= 4 is 5.91 Å². The lowest BCUT2D eigenvalue weighted by Crippen LogP contribution is -2.39. The number of benzene rings is 1. The van der Waals surface area contributed by atoms with E-state index in [-0.39, 0.29) is 11.8 Å². The number of amides is 1. The summed E-state index contributed by atoms with van der Waals surface area (Å²) >= 11 is 0. The van der Waals surface area contributed by atoms with Gasteiger partial charge in [-0.2, -0.15) is 0 Å². The number of nitrogens with one attached hydrogen (secondary N) is 2. The Balaban J connectivity index is 1.22. The third kappa shape index (κ3) is 6.38. The van der Waals surface area contributed by atoms with Crippen molar-refractivity contribution in [1.82, 2.24) is 15.5 Å². The van der Waals surface area contributed by atoms with Crippen LogP contribution >= 0.6 is 0 Å². The summed E-state index contributed by atoms with van der Waals surface area (Å²) in [7, 11) is 0. The van der Waals surface area contributed by atoms with Crippen LogP contribution in [0.3, 0.4) is 0 Å². The molecule has 0 bridgehead atoms. The number of ether oxygens (including phenoxy) is 1. The Kier molecular flexibility index (Phi) is 7.92. The second kappa shape index (κ2) is 10.7. The molecule has 2 N–H and O–H groups in total. The standard InChI is InChI=1S/C21H33N3O2/c25-21(19-7-12-22-13-8-19)23-11-4-16-26-20-9-14-24(15-10-20)17-18-5-2-1-3-6-18/h1-3,5-6,19-20,22H,4,7-17H2,(H,23,25). The first-order chi connectivity index (χ1) is 12.8. The number of hydrogen-bond donors (Lipinski definition) is 2. The predicted molar refractivity (Wildman–Crippen MR) is 104 cm³/mol. The molecule has 0 saturated carbocycles. The Morgan fingerprint density at radius 3 is 2.58 bits per heavy atom. The maximum atomic E-state index is 12.1. The second-order valence-corrected chi connectivity index (χ2v) is 7.50. The molecule has 26 heavy (non-hydrogen) atoms. The van der Waals surface area contributed by atoms with Crippen LogP contribution in [-0.2, 0) is 16.1 Å². The van der Waals surface area contributed by atoms with Gasteiger partial charge >= 0.3 is 0 Å². The van der Waals surface area contributed by atoms with Crippen molar-refractivity contribution in [3.05, 3.63) is 35.9 Å². The fraction of sp³-hybridized carbons (Fsp3) is 0.667. The monoisotopic (exact) mass is 359 g/mol.